The molecular weight excluding hydrogens is 242 g/mol. The van der Waals surface area contributed by atoms with Crippen LogP contribution in [0.5, 0.6) is 0 Å². The van der Waals surface area contributed by atoms with E-state index in [-0.39, 0.29) is 0 Å². The minimum absolute atomic E-state index is 0.483. The minimum atomic E-state index is 0.483. The average molecular weight is 273 g/mol. The zero-order chi connectivity index (χ0) is 14.2. The maximum absolute atomic E-state index is 3.73. The predicted molar refractivity (Wildman–Crippen MR) is 88.0 cm³/mol. The van der Waals surface area contributed by atoms with Crippen LogP contribution in [0.15, 0.2) is 24.3 Å². The van der Waals surface area contributed by atoms with Crippen molar-refractivity contribution in [3.05, 3.63) is 35.4 Å². The first-order valence-corrected chi connectivity index (χ1v) is 8.62. The van der Waals surface area contributed by atoms with E-state index >= 15 is 0 Å². The van der Waals surface area contributed by atoms with E-state index < -0.39 is 0 Å². The molecular formula is C19H31N. The standard InChI is InChI=1S/C19H31N/c1-3-4-8-17-11-13-19(14-12-17)16(2)20-15-18-9-6-5-7-10-18/h11-14,16,18,20H,3-10,15H2,1-2H3. The molecule has 1 aliphatic carbocycles. The summed E-state index contributed by atoms with van der Waals surface area (Å²) in [5.41, 5.74) is 2.91. The highest BCUT2D eigenvalue weighted by molar-refractivity contribution is 5.24. The summed E-state index contributed by atoms with van der Waals surface area (Å²) in [5.74, 6) is 0.912. The molecule has 0 spiro atoms. The largest absolute Gasteiger partial charge is 0.310 e. The van der Waals surface area contributed by atoms with Crippen LogP contribution in [0.2, 0.25) is 0 Å². The fraction of sp³-hybridized carbons (Fsp3) is 0.684. The van der Waals surface area contributed by atoms with Gasteiger partial charge in [0.25, 0.3) is 0 Å². The molecule has 1 heteroatoms. The van der Waals surface area contributed by atoms with E-state index in [1.807, 2.05) is 0 Å². The number of nitrogens with one attached hydrogen (secondary N) is 1. The summed E-state index contributed by atoms with van der Waals surface area (Å²) in [6.07, 6.45) is 11.0. The molecule has 0 radical (unpaired) electrons. The van der Waals surface area contributed by atoms with Gasteiger partial charge in [0.1, 0.15) is 0 Å². The van der Waals surface area contributed by atoms with Gasteiger partial charge in [0.15, 0.2) is 0 Å². The van der Waals surface area contributed by atoms with Gasteiger partial charge in [-0.3, -0.25) is 0 Å². The van der Waals surface area contributed by atoms with Crippen molar-refractivity contribution in [1.29, 1.82) is 0 Å². The average Bonchev–Trinajstić information content (AvgIpc) is 2.52. The monoisotopic (exact) mass is 273 g/mol. The first-order chi connectivity index (χ1) is 9.79. The first kappa shape index (κ1) is 15.6. The summed E-state index contributed by atoms with van der Waals surface area (Å²) >= 11 is 0. The van der Waals surface area contributed by atoms with Gasteiger partial charge in [-0.15, -0.1) is 0 Å². The van der Waals surface area contributed by atoms with Gasteiger partial charge >= 0.3 is 0 Å². The molecule has 0 amide bonds. The maximum atomic E-state index is 3.73. The third kappa shape index (κ3) is 4.94. The third-order valence-corrected chi connectivity index (χ3v) is 4.74. The second-order valence-corrected chi connectivity index (χ2v) is 6.48. The van der Waals surface area contributed by atoms with Gasteiger partial charge in [0.05, 0.1) is 0 Å². The van der Waals surface area contributed by atoms with Crippen LogP contribution in [0.3, 0.4) is 0 Å². The molecule has 1 atom stereocenters. The Labute approximate surface area is 125 Å². The topological polar surface area (TPSA) is 12.0 Å². The fourth-order valence-electron chi connectivity index (χ4n) is 3.21. The van der Waals surface area contributed by atoms with Gasteiger partial charge in [-0.05, 0) is 56.2 Å². The zero-order valence-corrected chi connectivity index (χ0v) is 13.3. The predicted octanol–water partition coefficient (Wildman–Crippen LogP) is 5.26. The number of hydrogen-bond acceptors (Lipinski definition) is 1. The molecule has 1 aliphatic rings. The number of aryl methyl sites for hydroxylation is 1. The molecule has 1 nitrogen and oxygen atoms in total. The highest BCUT2D eigenvalue weighted by Crippen LogP contribution is 2.24. The molecule has 0 saturated heterocycles. The molecule has 0 heterocycles. The summed E-state index contributed by atoms with van der Waals surface area (Å²) in [6.45, 7) is 5.74. The van der Waals surface area contributed by atoms with Crippen LogP contribution in [0.1, 0.15) is 76.0 Å². The van der Waals surface area contributed by atoms with E-state index in [1.165, 1.54) is 69.0 Å². The molecule has 0 bridgehead atoms. The molecule has 20 heavy (non-hydrogen) atoms. The zero-order valence-electron chi connectivity index (χ0n) is 13.3. The summed E-state index contributed by atoms with van der Waals surface area (Å²) < 4.78 is 0. The Morgan fingerprint density at radius 2 is 1.80 bits per heavy atom. The second kappa shape index (κ2) is 8.46. The Hall–Kier alpha value is -0.820. The van der Waals surface area contributed by atoms with Crippen LogP contribution >= 0.6 is 0 Å². The van der Waals surface area contributed by atoms with Crippen LogP contribution in [-0.2, 0) is 6.42 Å². The number of hydrogen-bond donors (Lipinski definition) is 1. The summed E-state index contributed by atoms with van der Waals surface area (Å²) in [5, 5.41) is 3.73. The van der Waals surface area contributed by atoms with Crippen molar-refractivity contribution in [2.75, 3.05) is 6.54 Å². The van der Waals surface area contributed by atoms with Gasteiger partial charge in [0, 0.05) is 6.04 Å². The van der Waals surface area contributed by atoms with Gasteiger partial charge < -0.3 is 5.32 Å². The third-order valence-electron chi connectivity index (χ3n) is 4.74. The summed E-state index contributed by atoms with van der Waals surface area (Å²) in [7, 11) is 0. The van der Waals surface area contributed by atoms with E-state index in [1.54, 1.807) is 0 Å². The Morgan fingerprint density at radius 1 is 1.10 bits per heavy atom. The van der Waals surface area contributed by atoms with Gasteiger partial charge in [-0.25, -0.2) is 0 Å². The summed E-state index contributed by atoms with van der Waals surface area (Å²) in [4.78, 5) is 0. The van der Waals surface area contributed by atoms with Gasteiger partial charge in [0.2, 0.25) is 0 Å². The lowest BCUT2D eigenvalue weighted by atomic mass is 9.89. The Balaban J connectivity index is 1.77. The first-order valence-electron chi connectivity index (χ1n) is 8.62. The molecule has 0 aliphatic heterocycles. The van der Waals surface area contributed by atoms with Gasteiger partial charge in [-0.2, -0.15) is 0 Å². The van der Waals surface area contributed by atoms with Crippen molar-refractivity contribution in [2.24, 2.45) is 5.92 Å². The van der Waals surface area contributed by atoms with Crippen molar-refractivity contribution >= 4 is 0 Å². The number of unbranched alkanes of at least 4 members (excludes halogenated alkanes) is 1. The summed E-state index contributed by atoms with van der Waals surface area (Å²) in [6, 6.07) is 9.72. The van der Waals surface area contributed by atoms with E-state index in [4.69, 9.17) is 0 Å². The maximum Gasteiger partial charge on any atom is 0.0291 e. The molecule has 112 valence electrons. The Bertz CT molecular complexity index is 362. The molecule has 1 aromatic rings. The highest BCUT2D eigenvalue weighted by Gasteiger charge is 2.14. The van der Waals surface area contributed by atoms with E-state index in [2.05, 4.69) is 43.4 Å². The highest BCUT2D eigenvalue weighted by atomic mass is 14.9. The van der Waals surface area contributed by atoms with Crippen molar-refractivity contribution in [3.8, 4) is 0 Å². The normalized spacial score (nSPS) is 18.1. The van der Waals surface area contributed by atoms with Gasteiger partial charge in [-0.1, -0.05) is 56.9 Å². The fourth-order valence-corrected chi connectivity index (χ4v) is 3.21. The quantitative estimate of drug-likeness (QED) is 0.714. The van der Waals surface area contributed by atoms with Crippen molar-refractivity contribution < 1.29 is 0 Å². The van der Waals surface area contributed by atoms with Crippen molar-refractivity contribution in [1.82, 2.24) is 5.32 Å². The van der Waals surface area contributed by atoms with Crippen LogP contribution < -0.4 is 5.32 Å². The minimum Gasteiger partial charge on any atom is -0.310 e. The molecule has 1 saturated carbocycles. The van der Waals surface area contributed by atoms with E-state index in [0.717, 1.165) is 5.92 Å². The Kier molecular flexibility index (Phi) is 6.59. The number of rotatable bonds is 7. The lowest BCUT2D eigenvalue weighted by molar-refractivity contribution is 0.331. The van der Waals surface area contributed by atoms with Crippen LogP contribution in [0.25, 0.3) is 0 Å². The van der Waals surface area contributed by atoms with Crippen molar-refractivity contribution in [3.63, 3.8) is 0 Å². The van der Waals surface area contributed by atoms with Crippen molar-refractivity contribution in [2.45, 2.75) is 71.3 Å². The number of benzene rings is 1. The second-order valence-electron chi connectivity index (χ2n) is 6.48. The molecule has 1 fully saturated rings. The molecule has 0 aromatic heterocycles. The Morgan fingerprint density at radius 3 is 2.45 bits per heavy atom. The van der Waals surface area contributed by atoms with E-state index in [0.29, 0.717) is 6.04 Å². The molecule has 1 N–H and O–H groups in total. The molecule has 2 rings (SSSR count). The van der Waals surface area contributed by atoms with E-state index in [9.17, 15) is 0 Å². The smallest absolute Gasteiger partial charge is 0.0291 e. The van der Waals surface area contributed by atoms with Crippen LogP contribution in [-0.4, -0.2) is 6.54 Å². The van der Waals surface area contributed by atoms with Crippen LogP contribution in [0, 0.1) is 5.92 Å². The van der Waals surface area contributed by atoms with Crippen LogP contribution in [0.4, 0.5) is 0 Å². The lowest BCUT2D eigenvalue weighted by Gasteiger charge is -2.24. The SMILES string of the molecule is CCCCc1ccc(C(C)NCC2CCCCC2)cc1. The lowest BCUT2D eigenvalue weighted by Crippen LogP contribution is -2.27. The molecule has 1 unspecified atom stereocenters. The molecule has 1 aromatic carbocycles.